The minimum absolute atomic E-state index is 0.0988. The normalized spacial score (nSPS) is 12.1. The molecule has 0 radical (unpaired) electrons. The van der Waals surface area contributed by atoms with Crippen molar-refractivity contribution in [3.8, 4) is 5.69 Å². The number of carbonyl (C=O) groups excluding carboxylic acids is 1. The first-order valence-electron chi connectivity index (χ1n) is 6.81. The number of hydrogen-bond donors (Lipinski definition) is 3. The third kappa shape index (κ3) is 3.02. The van der Waals surface area contributed by atoms with E-state index in [0.29, 0.717) is 0 Å². The van der Waals surface area contributed by atoms with Gasteiger partial charge in [0.25, 0.3) is 5.91 Å². The van der Waals surface area contributed by atoms with Crippen LogP contribution in [0.2, 0.25) is 5.02 Å². The molecule has 3 aromatic rings. The zero-order valence-corrected chi connectivity index (χ0v) is 12.9. The van der Waals surface area contributed by atoms with E-state index < -0.39 is 0 Å². The molecule has 0 aliphatic rings. The van der Waals surface area contributed by atoms with Gasteiger partial charge in [0.1, 0.15) is 23.4 Å². The minimum atomic E-state index is -0.368. The smallest absolute Gasteiger partial charge is 0.271 e. The van der Waals surface area contributed by atoms with Gasteiger partial charge in [0.05, 0.1) is 11.7 Å². The summed E-state index contributed by atoms with van der Waals surface area (Å²) in [5.41, 5.74) is 7.48. The maximum Gasteiger partial charge on any atom is 0.271 e. The first-order chi connectivity index (χ1) is 11.1. The zero-order valence-electron chi connectivity index (χ0n) is 12.2. The summed E-state index contributed by atoms with van der Waals surface area (Å²) in [7, 11) is 0. The van der Waals surface area contributed by atoms with Crippen molar-refractivity contribution in [1.29, 1.82) is 0 Å². The molecule has 1 atom stereocenters. The van der Waals surface area contributed by atoms with E-state index in [1.165, 1.54) is 6.33 Å². The van der Waals surface area contributed by atoms with Crippen molar-refractivity contribution in [2.45, 2.75) is 13.0 Å². The summed E-state index contributed by atoms with van der Waals surface area (Å²) in [5, 5.41) is 13.2. The largest absolute Gasteiger partial charge is 0.381 e. The van der Waals surface area contributed by atoms with E-state index in [1.54, 1.807) is 11.0 Å². The Hall–Kier alpha value is -2.87. The molecule has 0 fully saturated rings. The van der Waals surface area contributed by atoms with Crippen LogP contribution in [0.25, 0.3) is 5.69 Å². The van der Waals surface area contributed by atoms with Crippen molar-refractivity contribution in [1.82, 2.24) is 30.3 Å². The molecule has 3 rings (SSSR count). The van der Waals surface area contributed by atoms with E-state index in [2.05, 4.69) is 25.6 Å². The van der Waals surface area contributed by atoms with Crippen LogP contribution in [0, 0.1) is 0 Å². The molecule has 0 bridgehead atoms. The molecule has 0 spiro atoms. The topological polar surface area (TPSA) is 115 Å². The van der Waals surface area contributed by atoms with E-state index in [0.717, 1.165) is 11.3 Å². The van der Waals surface area contributed by atoms with E-state index >= 15 is 0 Å². The van der Waals surface area contributed by atoms with Crippen LogP contribution in [0.4, 0.5) is 5.82 Å². The van der Waals surface area contributed by atoms with Gasteiger partial charge in [0.15, 0.2) is 5.82 Å². The van der Waals surface area contributed by atoms with Gasteiger partial charge in [-0.1, -0.05) is 23.7 Å². The highest BCUT2D eigenvalue weighted by molar-refractivity contribution is 6.35. The zero-order chi connectivity index (χ0) is 16.4. The van der Waals surface area contributed by atoms with Crippen molar-refractivity contribution in [2.75, 3.05) is 5.73 Å². The Morgan fingerprint density at radius 2 is 2.13 bits per heavy atom. The number of H-pyrrole nitrogens is 1. The van der Waals surface area contributed by atoms with Gasteiger partial charge in [-0.25, -0.2) is 9.67 Å². The summed E-state index contributed by atoms with van der Waals surface area (Å²) in [4.78, 5) is 16.1. The van der Waals surface area contributed by atoms with Gasteiger partial charge in [-0.05, 0) is 24.6 Å². The second-order valence-electron chi connectivity index (χ2n) is 4.92. The summed E-state index contributed by atoms with van der Waals surface area (Å²) in [6, 6.07) is 7.39. The maximum atomic E-state index is 12.2. The van der Waals surface area contributed by atoms with Gasteiger partial charge in [-0.2, -0.15) is 10.2 Å². The SMILES string of the molecule is C[C@@H](NC(=O)c1[nH]nc(N)c1Cl)c1ccc(-n2cncn2)cc1. The number of nitrogens with zero attached hydrogens (tertiary/aromatic N) is 4. The fraction of sp³-hybridized carbons (Fsp3) is 0.143. The molecule has 1 amide bonds. The van der Waals surface area contributed by atoms with Gasteiger partial charge in [0.2, 0.25) is 0 Å². The van der Waals surface area contributed by atoms with E-state index in [-0.39, 0.29) is 28.5 Å². The van der Waals surface area contributed by atoms with Crippen LogP contribution < -0.4 is 11.1 Å². The molecule has 0 aliphatic carbocycles. The Labute approximate surface area is 136 Å². The minimum Gasteiger partial charge on any atom is -0.381 e. The molecule has 8 nitrogen and oxygen atoms in total. The lowest BCUT2D eigenvalue weighted by molar-refractivity contribution is 0.0935. The van der Waals surface area contributed by atoms with Crippen LogP contribution in [0.3, 0.4) is 0 Å². The van der Waals surface area contributed by atoms with E-state index in [9.17, 15) is 4.79 Å². The van der Waals surface area contributed by atoms with Crippen LogP contribution in [0.15, 0.2) is 36.9 Å². The van der Waals surface area contributed by atoms with E-state index in [1.807, 2.05) is 31.2 Å². The standard InChI is InChI=1S/C14H14ClN7O/c1-8(19-14(23)12-11(15)13(16)21-20-12)9-2-4-10(5-3-9)22-7-17-6-18-22/h2-8H,1H3,(H,19,23)(H3,16,20,21)/t8-/m1/s1. The number of aromatic amines is 1. The van der Waals surface area contributed by atoms with Crippen LogP contribution in [0.1, 0.15) is 29.0 Å². The van der Waals surface area contributed by atoms with Gasteiger partial charge in [-0.3, -0.25) is 9.89 Å². The van der Waals surface area contributed by atoms with Crippen LogP contribution in [0.5, 0.6) is 0 Å². The third-order valence-corrected chi connectivity index (χ3v) is 3.77. The van der Waals surface area contributed by atoms with Gasteiger partial charge in [0, 0.05) is 0 Å². The fourth-order valence-corrected chi connectivity index (χ4v) is 2.27. The first kappa shape index (κ1) is 15.0. The summed E-state index contributed by atoms with van der Waals surface area (Å²) in [6.07, 6.45) is 3.08. The summed E-state index contributed by atoms with van der Waals surface area (Å²) >= 11 is 5.92. The molecule has 9 heteroatoms. The Kier molecular flexibility index (Phi) is 3.98. The molecule has 23 heavy (non-hydrogen) atoms. The summed E-state index contributed by atoms with van der Waals surface area (Å²) in [6.45, 7) is 1.87. The number of carbonyl (C=O) groups is 1. The average Bonchev–Trinajstić information content (AvgIpc) is 3.19. The Morgan fingerprint density at radius 1 is 1.39 bits per heavy atom. The molecule has 118 valence electrons. The molecule has 4 N–H and O–H groups in total. The molecule has 0 saturated heterocycles. The summed E-state index contributed by atoms with van der Waals surface area (Å²) in [5.74, 6) is -0.270. The van der Waals surface area contributed by atoms with Gasteiger partial charge in [-0.15, -0.1) is 0 Å². The lowest BCUT2D eigenvalue weighted by atomic mass is 10.1. The maximum absolute atomic E-state index is 12.2. The predicted octanol–water partition coefficient (Wildman–Crippen LogP) is 1.72. The van der Waals surface area contributed by atoms with Crippen molar-refractivity contribution in [3.63, 3.8) is 0 Å². The number of halogens is 1. The highest BCUT2D eigenvalue weighted by Crippen LogP contribution is 2.21. The van der Waals surface area contributed by atoms with Crippen molar-refractivity contribution in [2.24, 2.45) is 0 Å². The van der Waals surface area contributed by atoms with Crippen molar-refractivity contribution in [3.05, 3.63) is 53.2 Å². The number of amides is 1. The Morgan fingerprint density at radius 3 is 2.70 bits per heavy atom. The second kappa shape index (κ2) is 6.09. The fourth-order valence-electron chi connectivity index (χ4n) is 2.10. The number of hydrogen-bond acceptors (Lipinski definition) is 5. The number of benzene rings is 1. The molecule has 0 saturated carbocycles. The number of nitrogens with one attached hydrogen (secondary N) is 2. The molecular weight excluding hydrogens is 318 g/mol. The lowest BCUT2D eigenvalue weighted by Gasteiger charge is -2.14. The van der Waals surface area contributed by atoms with Gasteiger partial charge < -0.3 is 11.1 Å². The Bertz CT molecular complexity index is 810. The lowest BCUT2D eigenvalue weighted by Crippen LogP contribution is -2.27. The average molecular weight is 332 g/mol. The highest BCUT2D eigenvalue weighted by Gasteiger charge is 2.18. The molecule has 0 aliphatic heterocycles. The molecule has 1 aromatic carbocycles. The molecule has 0 unspecified atom stereocenters. The third-order valence-electron chi connectivity index (χ3n) is 3.38. The highest BCUT2D eigenvalue weighted by atomic mass is 35.5. The predicted molar refractivity (Wildman–Crippen MR) is 85.3 cm³/mol. The van der Waals surface area contributed by atoms with Crippen molar-refractivity contribution >= 4 is 23.3 Å². The first-order valence-corrected chi connectivity index (χ1v) is 7.19. The monoisotopic (exact) mass is 331 g/mol. The molecular formula is C14H14ClN7O. The number of aromatic nitrogens is 5. The molecule has 2 heterocycles. The molecule has 2 aromatic heterocycles. The van der Waals surface area contributed by atoms with Crippen LogP contribution in [-0.4, -0.2) is 30.9 Å². The number of nitrogens with two attached hydrogens (primary N) is 1. The number of rotatable bonds is 4. The van der Waals surface area contributed by atoms with E-state index in [4.69, 9.17) is 17.3 Å². The van der Waals surface area contributed by atoms with Crippen molar-refractivity contribution < 1.29 is 4.79 Å². The number of nitrogen functional groups attached to an aromatic ring is 1. The quantitative estimate of drug-likeness (QED) is 0.673. The van der Waals surface area contributed by atoms with Gasteiger partial charge >= 0.3 is 0 Å². The summed E-state index contributed by atoms with van der Waals surface area (Å²) < 4.78 is 1.65. The number of anilines is 1. The van der Waals surface area contributed by atoms with Crippen LogP contribution >= 0.6 is 11.6 Å². The Balaban J connectivity index is 1.72. The van der Waals surface area contributed by atoms with Crippen LogP contribution in [-0.2, 0) is 0 Å². The second-order valence-corrected chi connectivity index (χ2v) is 5.30.